The molecular formula is C15H11NOS. The number of benzene rings is 2. The zero-order chi connectivity index (χ0) is 12.2. The van der Waals surface area contributed by atoms with Gasteiger partial charge in [0.2, 0.25) is 0 Å². The average Bonchev–Trinajstić information content (AvgIpc) is 2.46. The highest BCUT2D eigenvalue weighted by atomic mass is 32.2. The van der Waals surface area contributed by atoms with Gasteiger partial charge in [0.15, 0.2) is 5.75 Å². The van der Waals surface area contributed by atoms with Gasteiger partial charge in [-0.1, -0.05) is 36.4 Å². The summed E-state index contributed by atoms with van der Waals surface area (Å²) in [6.07, 6.45) is 1.78. The normalized spacial score (nSPS) is 10.4. The van der Waals surface area contributed by atoms with Gasteiger partial charge in [-0.2, -0.15) is 0 Å². The zero-order valence-electron chi connectivity index (χ0n) is 9.61. The molecular weight excluding hydrogens is 242 g/mol. The van der Waals surface area contributed by atoms with Crippen LogP contribution in [0.25, 0.3) is 10.9 Å². The van der Waals surface area contributed by atoms with Crippen molar-refractivity contribution in [3.05, 3.63) is 66.9 Å². The van der Waals surface area contributed by atoms with Crippen molar-refractivity contribution in [2.75, 3.05) is 0 Å². The molecule has 2 nitrogen and oxygen atoms in total. The molecule has 0 aliphatic heterocycles. The summed E-state index contributed by atoms with van der Waals surface area (Å²) in [5.41, 5.74) is 0.892. The van der Waals surface area contributed by atoms with Crippen LogP contribution in [0.3, 0.4) is 0 Å². The molecule has 0 bridgehead atoms. The van der Waals surface area contributed by atoms with Crippen LogP contribution in [0.1, 0.15) is 0 Å². The number of hydrogen-bond donors (Lipinski definition) is 0. The zero-order valence-corrected chi connectivity index (χ0v) is 10.4. The van der Waals surface area contributed by atoms with Crippen LogP contribution in [0.2, 0.25) is 0 Å². The van der Waals surface area contributed by atoms with E-state index in [0.717, 1.165) is 21.5 Å². The van der Waals surface area contributed by atoms with Crippen LogP contribution < -0.4 is 4.18 Å². The van der Waals surface area contributed by atoms with Crippen molar-refractivity contribution in [1.82, 2.24) is 4.98 Å². The Morgan fingerprint density at radius 2 is 1.67 bits per heavy atom. The van der Waals surface area contributed by atoms with Gasteiger partial charge >= 0.3 is 0 Å². The molecule has 0 saturated carbocycles. The molecule has 0 N–H and O–H groups in total. The van der Waals surface area contributed by atoms with Gasteiger partial charge in [-0.15, -0.1) is 0 Å². The van der Waals surface area contributed by atoms with Crippen LogP contribution in [0, 0.1) is 0 Å². The number of hydrogen-bond acceptors (Lipinski definition) is 3. The number of para-hydroxylation sites is 1. The molecule has 0 aliphatic carbocycles. The second-order valence-corrected chi connectivity index (χ2v) is 4.62. The van der Waals surface area contributed by atoms with Gasteiger partial charge in [-0.3, -0.25) is 4.98 Å². The first kappa shape index (κ1) is 11.1. The number of aromatic nitrogens is 1. The Morgan fingerprint density at radius 3 is 2.56 bits per heavy atom. The smallest absolute Gasteiger partial charge is 0.164 e. The minimum Gasteiger partial charge on any atom is -0.418 e. The van der Waals surface area contributed by atoms with Gasteiger partial charge in [-0.25, -0.2) is 0 Å². The molecule has 0 fully saturated rings. The number of nitrogens with zero attached hydrogens (tertiary/aromatic N) is 1. The van der Waals surface area contributed by atoms with Crippen molar-refractivity contribution in [1.29, 1.82) is 0 Å². The monoisotopic (exact) mass is 253 g/mol. The molecule has 0 atom stereocenters. The predicted octanol–water partition coefficient (Wildman–Crippen LogP) is 4.32. The summed E-state index contributed by atoms with van der Waals surface area (Å²) in [5.74, 6) is 0.793. The second-order valence-electron chi connectivity index (χ2n) is 3.81. The highest BCUT2D eigenvalue weighted by Gasteiger charge is 2.03. The maximum Gasteiger partial charge on any atom is 0.164 e. The summed E-state index contributed by atoms with van der Waals surface area (Å²) in [6, 6.07) is 19.9. The predicted molar refractivity (Wildman–Crippen MR) is 74.7 cm³/mol. The van der Waals surface area contributed by atoms with Crippen LogP contribution in [-0.2, 0) is 0 Å². The first-order valence-corrected chi connectivity index (χ1v) is 6.41. The maximum absolute atomic E-state index is 5.76. The highest BCUT2D eigenvalue weighted by Crippen LogP contribution is 2.28. The van der Waals surface area contributed by atoms with Gasteiger partial charge in [-0.05, 0) is 24.3 Å². The van der Waals surface area contributed by atoms with E-state index in [1.165, 1.54) is 12.0 Å². The lowest BCUT2D eigenvalue weighted by Crippen LogP contribution is -1.85. The third-order valence-electron chi connectivity index (χ3n) is 2.57. The third-order valence-corrected chi connectivity index (χ3v) is 3.29. The van der Waals surface area contributed by atoms with E-state index in [1.54, 1.807) is 6.20 Å². The Morgan fingerprint density at radius 1 is 0.833 bits per heavy atom. The Hall–Kier alpha value is -2.00. The summed E-state index contributed by atoms with van der Waals surface area (Å²) in [5, 5.41) is 1.09. The fraction of sp³-hybridized carbons (Fsp3) is 0. The van der Waals surface area contributed by atoms with E-state index in [0.29, 0.717) is 0 Å². The summed E-state index contributed by atoms with van der Waals surface area (Å²) in [7, 11) is 0. The van der Waals surface area contributed by atoms with E-state index in [1.807, 2.05) is 60.7 Å². The van der Waals surface area contributed by atoms with Gasteiger partial charge < -0.3 is 4.18 Å². The number of fused-ring (bicyclic) bond motifs is 1. The topological polar surface area (TPSA) is 22.1 Å². The lowest BCUT2D eigenvalue weighted by atomic mass is 10.2. The molecule has 1 heterocycles. The van der Waals surface area contributed by atoms with E-state index < -0.39 is 0 Å². The van der Waals surface area contributed by atoms with Crippen LogP contribution in [-0.4, -0.2) is 4.98 Å². The molecule has 18 heavy (non-hydrogen) atoms. The lowest BCUT2D eigenvalue weighted by molar-refractivity contribution is 0.652. The SMILES string of the molecule is c1ccc(SOc2cccc3cccnc23)cc1. The molecule has 0 saturated heterocycles. The second kappa shape index (κ2) is 5.10. The number of pyridine rings is 1. The van der Waals surface area contributed by atoms with E-state index in [2.05, 4.69) is 4.98 Å². The molecule has 88 valence electrons. The molecule has 0 spiro atoms. The summed E-state index contributed by atoms with van der Waals surface area (Å²) in [6.45, 7) is 0. The molecule has 3 heteroatoms. The first-order valence-electron chi connectivity index (χ1n) is 5.67. The largest absolute Gasteiger partial charge is 0.418 e. The van der Waals surface area contributed by atoms with Crippen molar-refractivity contribution >= 4 is 22.9 Å². The van der Waals surface area contributed by atoms with Gasteiger partial charge in [0.1, 0.15) is 5.52 Å². The highest BCUT2D eigenvalue weighted by molar-refractivity contribution is 7.95. The molecule has 3 rings (SSSR count). The lowest BCUT2D eigenvalue weighted by Gasteiger charge is -2.06. The van der Waals surface area contributed by atoms with Gasteiger partial charge in [0.05, 0.1) is 12.0 Å². The van der Waals surface area contributed by atoms with E-state index in [-0.39, 0.29) is 0 Å². The van der Waals surface area contributed by atoms with Crippen molar-refractivity contribution in [2.24, 2.45) is 0 Å². The van der Waals surface area contributed by atoms with Crippen molar-refractivity contribution in [3.63, 3.8) is 0 Å². The Labute approximate surface area is 110 Å². The van der Waals surface area contributed by atoms with Gasteiger partial charge in [0.25, 0.3) is 0 Å². The minimum absolute atomic E-state index is 0.793. The summed E-state index contributed by atoms with van der Waals surface area (Å²) < 4.78 is 5.76. The fourth-order valence-electron chi connectivity index (χ4n) is 1.71. The molecule has 2 aromatic carbocycles. The van der Waals surface area contributed by atoms with E-state index >= 15 is 0 Å². The van der Waals surface area contributed by atoms with Crippen LogP contribution >= 0.6 is 12.0 Å². The quantitative estimate of drug-likeness (QED) is 0.649. The van der Waals surface area contributed by atoms with Crippen LogP contribution in [0.5, 0.6) is 5.75 Å². The molecule has 0 radical (unpaired) electrons. The van der Waals surface area contributed by atoms with Crippen molar-refractivity contribution in [3.8, 4) is 5.75 Å². The summed E-state index contributed by atoms with van der Waals surface area (Å²) >= 11 is 1.35. The van der Waals surface area contributed by atoms with Crippen molar-refractivity contribution < 1.29 is 4.18 Å². The standard InChI is InChI=1S/C15H11NOS/c1-2-8-13(9-3-1)18-17-14-10-4-6-12-7-5-11-16-15(12)14/h1-11H. The number of rotatable bonds is 3. The molecule has 0 amide bonds. The third kappa shape index (κ3) is 2.31. The van der Waals surface area contributed by atoms with Crippen molar-refractivity contribution in [2.45, 2.75) is 4.90 Å². The maximum atomic E-state index is 5.76. The molecule has 1 aromatic heterocycles. The van der Waals surface area contributed by atoms with Gasteiger partial charge in [0, 0.05) is 16.5 Å². The fourth-order valence-corrected chi connectivity index (χ4v) is 2.30. The van der Waals surface area contributed by atoms with E-state index in [9.17, 15) is 0 Å². The van der Waals surface area contributed by atoms with Crippen LogP contribution in [0.4, 0.5) is 0 Å². The molecule has 0 unspecified atom stereocenters. The Bertz CT molecular complexity index is 649. The average molecular weight is 253 g/mol. The molecule has 3 aromatic rings. The molecule has 0 aliphatic rings. The minimum atomic E-state index is 0.793. The Balaban J connectivity index is 1.87. The van der Waals surface area contributed by atoms with Crippen LogP contribution in [0.15, 0.2) is 71.8 Å². The van der Waals surface area contributed by atoms with E-state index in [4.69, 9.17) is 4.18 Å². The Kier molecular flexibility index (Phi) is 3.15. The summed E-state index contributed by atoms with van der Waals surface area (Å²) in [4.78, 5) is 5.43. The first-order chi connectivity index (χ1) is 8.93.